The Morgan fingerprint density at radius 3 is 2.74 bits per heavy atom. The molecule has 1 aromatic heterocycles. The van der Waals surface area contributed by atoms with Crippen LogP contribution in [0.3, 0.4) is 0 Å². The minimum absolute atomic E-state index is 0.0950. The molecule has 0 aliphatic heterocycles. The van der Waals surface area contributed by atoms with Gasteiger partial charge in [0.2, 0.25) is 0 Å². The van der Waals surface area contributed by atoms with Crippen LogP contribution in [0.2, 0.25) is 0 Å². The summed E-state index contributed by atoms with van der Waals surface area (Å²) in [5, 5.41) is 7.46. The molecule has 1 fully saturated rings. The first-order chi connectivity index (χ1) is 9.03. The Morgan fingerprint density at radius 1 is 1.32 bits per heavy atom. The van der Waals surface area contributed by atoms with Crippen LogP contribution in [0.4, 0.5) is 0 Å². The first kappa shape index (κ1) is 14.5. The molecular formula is C15H26N2O2. The van der Waals surface area contributed by atoms with Crippen LogP contribution in [0.1, 0.15) is 64.3 Å². The van der Waals surface area contributed by atoms with Gasteiger partial charge in [0, 0.05) is 18.2 Å². The van der Waals surface area contributed by atoms with Crippen molar-refractivity contribution in [2.75, 3.05) is 0 Å². The highest BCUT2D eigenvalue weighted by molar-refractivity contribution is 5.04. The summed E-state index contributed by atoms with van der Waals surface area (Å²) in [6.45, 7) is 7.70. The van der Waals surface area contributed by atoms with Crippen LogP contribution in [-0.2, 0) is 17.9 Å². The van der Waals surface area contributed by atoms with E-state index < -0.39 is 0 Å². The predicted molar refractivity (Wildman–Crippen MR) is 74.8 cm³/mol. The van der Waals surface area contributed by atoms with Crippen LogP contribution < -0.4 is 5.32 Å². The molecule has 2 rings (SSSR count). The van der Waals surface area contributed by atoms with Gasteiger partial charge in [-0.2, -0.15) is 0 Å². The predicted octanol–water partition coefficient (Wildman–Crippen LogP) is 3.41. The van der Waals surface area contributed by atoms with Crippen molar-refractivity contribution in [1.29, 1.82) is 0 Å². The molecule has 1 saturated carbocycles. The summed E-state index contributed by atoms with van der Waals surface area (Å²) in [6, 6.07) is 1.99. The Labute approximate surface area is 115 Å². The maximum atomic E-state index is 5.87. The van der Waals surface area contributed by atoms with Crippen LogP contribution in [0.15, 0.2) is 10.6 Å². The van der Waals surface area contributed by atoms with E-state index >= 15 is 0 Å². The molecular weight excluding hydrogens is 240 g/mol. The van der Waals surface area contributed by atoms with Gasteiger partial charge in [-0.05, 0) is 33.6 Å². The minimum atomic E-state index is 0.0950. The molecule has 1 heterocycles. The number of ether oxygens (including phenoxy) is 1. The summed E-state index contributed by atoms with van der Waals surface area (Å²) in [5.74, 6) is 0.830. The SMILES string of the molecule is CC(C)(C)NCc1cc(COC2CCCCC2)on1. The molecule has 0 spiro atoms. The first-order valence-corrected chi connectivity index (χ1v) is 7.34. The lowest BCUT2D eigenvalue weighted by molar-refractivity contribution is 0.00667. The third-order valence-corrected chi connectivity index (χ3v) is 3.42. The fourth-order valence-electron chi connectivity index (χ4n) is 2.29. The van der Waals surface area contributed by atoms with E-state index in [1.807, 2.05) is 6.07 Å². The third kappa shape index (κ3) is 5.33. The number of nitrogens with one attached hydrogen (secondary N) is 1. The molecule has 0 radical (unpaired) electrons. The maximum Gasteiger partial charge on any atom is 0.162 e. The smallest absolute Gasteiger partial charge is 0.162 e. The van der Waals surface area contributed by atoms with E-state index in [0.717, 1.165) is 18.0 Å². The zero-order chi connectivity index (χ0) is 13.7. The normalized spacial score (nSPS) is 17.8. The van der Waals surface area contributed by atoms with Crippen LogP contribution in [0.5, 0.6) is 0 Å². The zero-order valence-corrected chi connectivity index (χ0v) is 12.4. The van der Waals surface area contributed by atoms with E-state index in [2.05, 4.69) is 31.2 Å². The summed E-state index contributed by atoms with van der Waals surface area (Å²) in [5.41, 5.74) is 1.04. The molecule has 1 aliphatic rings. The van der Waals surface area contributed by atoms with Crippen molar-refractivity contribution in [3.63, 3.8) is 0 Å². The molecule has 0 atom stereocenters. The minimum Gasteiger partial charge on any atom is -0.370 e. The van der Waals surface area contributed by atoms with Gasteiger partial charge in [0.05, 0.1) is 11.8 Å². The Balaban J connectivity index is 1.74. The van der Waals surface area contributed by atoms with Crippen molar-refractivity contribution in [2.45, 2.75) is 77.7 Å². The summed E-state index contributed by atoms with van der Waals surface area (Å²) < 4.78 is 11.2. The van der Waals surface area contributed by atoms with E-state index in [1.54, 1.807) is 0 Å². The lowest BCUT2D eigenvalue weighted by Crippen LogP contribution is -2.35. The van der Waals surface area contributed by atoms with Crippen molar-refractivity contribution < 1.29 is 9.26 Å². The monoisotopic (exact) mass is 266 g/mol. The highest BCUT2D eigenvalue weighted by atomic mass is 16.5. The molecule has 0 unspecified atom stereocenters. The standard InChI is InChI=1S/C15H26N2O2/c1-15(2,3)16-10-12-9-14(19-17-12)11-18-13-7-5-4-6-8-13/h9,13,16H,4-8,10-11H2,1-3H3. The van der Waals surface area contributed by atoms with Crippen LogP contribution >= 0.6 is 0 Å². The molecule has 0 aromatic carbocycles. The summed E-state index contributed by atoms with van der Waals surface area (Å²) in [4.78, 5) is 0. The molecule has 108 valence electrons. The Morgan fingerprint density at radius 2 is 2.05 bits per heavy atom. The van der Waals surface area contributed by atoms with Gasteiger partial charge in [-0.25, -0.2) is 0 Å². The van der Waals surface area contributed by atoms with Crippen molar-refractivity contribution in [3.8, 4) is 0 Å². The number of rotatable bonds is 5. The van der Waals surface area contributed by atoms with Crippen molar-refractivity contribution in [1.82, 2.24) is 10.5 Å². The summed E-state index contributed by atoms with van der Waals surface area (Å²) >= 11 is 0. The molecule has 0 saturated heterocycles. The maximum absolute atomic E-state index is 5.87. The van der Waals surface area contributed by atoms with Crippen molar-refractivity contribution in [3.05, 3.63) is 17.5 Å². The van der Waals surface area contributed by atoms with E-state index in [-0.39, 0.29) is 5.54 Å². The quantitative estimate of drug-likeness (QED) is 0.887. The van der Waals surface area contributed by atoms with Crippen LogP contribution in [0, 0.1) is 0 Å². The molecule has 1 aliphatic carbocycles. The second-order valence-electron chi connectivity index (χ2n) is 6.46. The van der Waals surface area contributed by atoms with Crippen molar-refractivity contribution in [2.24, 2.45) is 0 Å². The van der Waals surface area contributed by atoms with Crippen molar-refractivity contribution >= 4 is 0 Å². The third-order valence-electron chi connectivity index (χ3n) is 3.42. The van der Waals surface area contributed by atoms with Crippen LogP contribution in [0.25, 0.3) is 0 Å². The van der Waals surface area contributed by atoms with Gasteiger partial charge < -0.3 is 14.6 Å². The fourth-order valence-corrected chi connectivity index (χ4v) is 2.29. The number of aromatic nitrogens is 1. The van der Waals surface area contributed by atoms with E-state index in [1.165, 1.54) is 32.1 Å². The van der Waals surface area contributed by atoms with Gasteiger partial charge in [0.15, 0.2) is 5.76 Å². The van der Waals surface area contributed by atoms with E-state index in [0.29, 0.717) is 12.7 Å². The zero-order valence-electron chi connectivity index (χ0n) is 12.4. The lowest BCUT2D eigenvalue weighted by Gasteiger charge is -2.21. The lowest BCUT2D eigenvalue weighted by atomic mass is 9.98. The van der Waals surface area contributed by atoms with Gasteiger partial charge in [0.1, 0.15) is 6.61 Å². The molecule has 4 nitrogen and oxygen atoms in total. The van der Waals surface area contributed by atoms with Gasteiger partial charge in [-0.1, -0.05) is 24.4 Å². The topological polar surface area (TPSA) is 47.3 Å². The fraction of sp³-hybridized carbons (Fsp3) is 0.800. The van der Waals surface area contributed by atoms with Crippen LogP contribution in [-0.4, -0.2) is 16.8 Å². The second kappa shape index (κ2) is 6.53. The molecule has 1 aromatic rings. The first-order valence-electron chi connectivity index (χ1n) is 7.34. The summed E-state index contributed by atoms with van der Waals surface area (Å²) in [6.07, 6.45) is 6.73. The number of nitrogens with zero attached hydrogens (tertiary/aromatic N) is 1. The Bertz CT molecular complexity index is 376. The van der Waals surface area contributed by atoms with Gasteiger partial charge >= 0.3 is 0 Å². The Kier molecular flexibility index (Phi) is 4.99. The molecule has 19 heavy (non-hydrogen) atoms. The summed E-state index contributed by atoms with van der Waals surface area (Å²) in [7, 11) is 0. The second-order valence-corrected chi connectivity index (χ2v) is 6.46. The molecule has 1 N–H and O–H groups in total. The van der Waals surface area contributed by atoms with Gasteiger partial charge in [0.25, 0.3) is 0 Å². The average Bonchev–Trinajstić information content (AvgIpc) is 2.82. The molecule has 4 heteroatoms. The highest BCUT2D eigenvalue weighted by Gasteiger charge is 2.15. The van der Waals surface area contributed by atoms with Gasteiger partial charge in [-0.15, -0.1) is 0 Å². The molecule has 0 amide bonds. The van der Waals surface area contributed by atoms with E-state index in [4.69, 9.17) is 9.26 Å². The van der Waals surface area contributed by atoms with Gasteiger partial charge in [-0.3, -0.25) is 0 Å². The number of hydrogen-bond acceptors (Lipinski definition) is 4. The molecule has 0 bridgehead atoms. The average molecular weight is 266 g/mol. The number of hydrogen-bond donors (Lipinski definition) is 1. The highest BCUT2D eigenvalue weighted by Crippen LogP contribution is 2.21. The Hall–Kier alpha value is -0.870. The van der Waals surface area contributed by atoms with E-state index in [9.17, 15) is 0 Å². The largest absolute Gasteiger partial charge is 0.370 e.